The summed E-state index contributed by atoms with van der Waals surface area (Å²) >= 11 is 0. The zero-order valence-corrected chi connectivity index (χ0v) is 19.8. The zero-order valence-electron chi connectivity index (χ0n) is 19.8. The Morgan fingerprint density at radius 2 is 2.06 bits per heavy atom. The molecule has 3 rings (SSSR count). The third-order valence-corrected chi connectivity index (χ3v) is 6.59. The molecule has 1 aromatic heterocycles. The van der Waals surface area contributed by atoms with E-state index in [4.69, 9.17) is 18.9 Å². The fourth-order valence-corrected chi connectivity index (χ4v) is 3.85. The van der Waals surface area contributed by atoms with E-state index in [1.807, 2.05) is 19.9 Å². The Kier molecular flexibility index (Phi) is 8.86. The lowest BCUT2D eigenvalue weighted by atomic mass is 9.88. The smallest absolute Gasteiger partial charge is 0.270 e. The van der Waals surface area contributed by atoms with Crippen molar-refractivity contribution in [3.63, 3.8) is 0 Å². The molecule has 3 heterocycles. The van der Waals surface area contributed by atoms with Crippen LogP contribution in [0.25, 0.3) is 0 Å². The van der Waals surface area contributed by atoms with Crippen molar-refractivity contribution in [2.24, 2.45) is 5.41 Å². The molecule has 0 saturated carbocycles. The van der Waals surface area contributed by atoms with Crippen LogP contribution >= 0.6 is 0 Å². The van der Waals surface area contributed by atoms with Crippen molar-refractivity contribution in [2.45, 2.75) is 38.3 Å². The van der Waals surface area contributed by atoms with Crippen molar-refractivity contribution < 1.29 is 33.2 Å². The molecule has 1 amide bonds. The second kappa shape index (κ2) is 11.4. The molecule has 0 unspecified atom stereocenters. The molecular formula is C23H36FN3O6. The highest BCUT2D eigenvalue weighted by Crippen LogP contribution is 2.34. The highest BCUT2D eigenvalue weighted by atomic mass is 19.1. The van der Waals surface area contributed by atoms with Crippen LogP contribution in [0.15, 0.2) is 12.1 Å². The van der Waals surface area contributed by atoms with Gasteiger partial charge in [-0.3, -0.25) is 4.79 Å². The van der Waals surface area contributed by atoms with Gasteiger partial charge in [0.1, 0.15) is 24.7 Å². The van der Waals surface area contributed by atoms with E-state index in [0.29, 0.717) is 51.6 Å². The zero-order chi connectivity index (χ0) is 23.9. The summed E-state index contributed by atoms with van der Waals surface area (Å²) in [4.78, 5) is 19.6. The molecule has 0 aromatic carbocycles. The third kappa shape index (κ3) is 5.92. The summed E-state index contributed by atoms with van der Waals surface area (Å²) in [5.74, 6) is -0.0212. The number of pyridine rings is 1. The number of methoxy groups -OCH3 is 1. The highest BCUT2D eigenvalue weighted by Gasteiger charge is 2.41. The summed E-state index contributed by atoms with van der Waals surface area (Å²) in [6.45, 7) is 6.10. The normalized spacial score (nSPS) is 17.9. The van der Waals surface area contributed by atoms with Crippen molar-refractivity contribution in [2.75, 3.05) is 71.4 Å². The number of anilines is 1. The minimum Gasteiger partial charge on any atom is -0.475 e. The van der Waals surface area contributed by atoms with E-state index in [9.17, 15) is 14.3 Å². The molecule has 2 aliphatic rings. The maximum atomic E-state index is 12.9. The molecule has 186 valence electrons. The number of aromatic nitrogens is 1. The van der Waals surface area contributed by atoms with Crippen LogP contribution in [0.1, 0.15) is 37.2 Å². The second-order valence-electron chi connectivity index (χ2n) is 8.91. The minimum atomic E-state index is -0.692. The fourth-order valence-electron chi connectivity index (χ4n) is 3.85. The fraction of sp³-hybridized carbons (Fsp3) is 0.739. The van der Waals surface area contributed by atoms with Crippen LogP contribution in [0, 0.1) is 5.41 Å². The molecule has 0 atom stereocenters. The highest BCUT2D eigenvalue weighted by molar-refractivity contribution is 5.93. The van der Waals surface area contributed by atoms with E-state index in [-0.39, 0.29) is 42.9 Å². The van der Waals surface area contributed by atoms with Gasteiger partial charge in [0.05, 0.1) is 50.1 Å². The first-order chi connectivity index (χ1) is 15.9. The van der Waals surface area contributed by atoms with Crippen molar-refractivity contribution in [3.05, 3.63) is 17.8 Å². The lowest BCUT2D eigenvalue weighted by Crippen LogP contribution is -2.53. The van der Waals surface area contributed by atoms with Crippen LogP contribution in [-0.4, -0.2) is 94.2 Å². The topological polar surface area (TPSA) is 102 Å². The maximum absolute atomic E-state index is 12.9. The van der Waals surface area contributed by atoms with Crippen molar-refractivity contribution in [1.29, 1.82) is 0 Å². The number of aliphatic hydroxyl groups is 1. The molecule has 2 saturated heterocycles. The molecule has 0 radical (unpaired) electrons. The Morgan fingerprint density at radius 1 is 1.33 bits per heavy atom. The summed E-state index contributed by atoms with van der Waals surface area (Å²) in [7, 11) is 1.68. The number of hydrogen-bond donors (Lipinski definition) is 2. The van der Waals surface area contributed by atoms with Crippen molar-refractivity contribution in [1.82, 2.24) is 10.3 Å². The van der Waals surface area contributed by atoms with Gasteiger partial charge < -0.3 is 34.3 Å². The van der Waals surface area contributed by atoms with Crippen molar-refractivity contribution >= 4 is 11.6 Å². The first-order valence-corrected chi connectivity index (χ1v) is 11.5. The summed E-state index contributed by atoms with van der Waals surface area (Å²) in [5, 5.41) is 12.7. The van der Waals surface area contributed by atoms with E-state index < -0.39 is 12.2 Å². The number of alkyl halides is 1. The number of carbonyl (C=O) groups is 1. The number of ether oxygens (including phenoxy) is 4. The van der Waals surface area contributed by atoms with Gasteiger partial charge >= 0.3 is 0 Å². The molecule has 0 spiro atoms. The summed E-state index contributed by atoms with van der Waals surface area (Å²) in [5.41, 5.74) is -0.0700. The van der Waals surface area contributed by atoms with Gasteiger partial charge in [0.15, 0.2) is 0 Å². The number of nitrogens with zero attached hydrogens (tertiary/aromatic N) is 2. The lowest BCUT2D eigenvalue weighted by molar-refractivity contribution is -0.164. The molecule has 10 heteroatoms. The van der Waals surface area contributed by atoms with Gasteiger partial charge in [0.25, 0.3) is 5.91 Å². The predicted octanol–water partition coefficient (Wildman–Crippen LogP) is 1.58. The van der Waals surface area contributed by atoms with E-state index in [1.165, 1.54) is 0 Å². The standard InChI is InChI=1S/C23H36FN3O6/c1-4-23(5-2,12-28)26-20(29)18-6-7-19(27-10-17(11-27)30-3)21(25-18)33-16-22(14-32-15-22)13-31-9-8-24/h6-7,17,28H,4-5,8-16H2,1-3H3,(H,26,29). The van der Waals surface area contributed by atoms with Crippen molar-refractivity contribution in [3.8, 4) is 5.88 Å². The molecule has 2 aliphatic heterocycles. The molecule has 9 nitrogen and oxygen atoms in total. The molecule has 0 aliphatic carbocycles. The average molecular weight is 470 g/mol. The maximum Gasteiger partial charge on any atom is 0.270 e. The van der Waals surface area contributed by atoms with Gasteiger partial charge in [0, 0.05) is 20.2 Å². The van der Waals surface area contributed by atoms with Gasteiger partial charge in [-0.05, 0) is 25.0 Å². The largest absolute Gasteiger partial charge is 0.475 e. The molecule has 1 aromatic rings. The SMILES string of the molecule is CCC(CC)(CO)NC(=O)c1ccc(N2CC(OC)C2)c(OCC2(COCCF)COC2)n1. The Hall–Kier alpha value is -2.01. The molecular weight excluding hydrogens is 433 g/mol. The number of carbonyl (C=O) groups excluding carboxylic acids is 1. The van der Waals surface area contributed by atoms with Gasteiger partial charge in [-0.15, -0.1) is 0 Å². The number of halogens is 1. The van der Waals surface area contributed by atoms with E-state index in [0.717, 1.165) is 5.69 Å². The van der Waals surface area contributed by atoms with Crippen LogP contribution in [0.2, 0.25) is 0 Å². The molecule has 2 fully saturated rings. The Labute approximate surface area is 194 Å². The number of nitrogens with one attached hydrogen (secondary N) is 1. The third-order valence-electron chi connectivity index (χ3n) is 6.59. The van der Waals surface area contributed by atoms with Gasteiger partial charge in [-0.1, -0.05) is 13.8 Å². The number of rotatable bonds is 14. The Morgan fingerprint density at radius 3 is 2.61 bits per heavy atom. The summed E-state index contributed by atoms with van der Waals surface area (Å²) in [6.07, 6.45) is 1.34. The lowest BCUT2D eigenvalue weighted by Gasteiger charge is -2.42. The Balaban J connectivity index is 1.77. The van der Waals surface area contributed by atoms with E-state index in [2.05, 4.69) is 15.2 Å². The van der Waals surface area contributed by atoms with Crippen LogP contribution in [0.3, 0.4) is 0 Å². The van der Waals surface area contributed by atoms with Crippen LogP contribution in [0.4, 0.5) is 10.1 Å². The monoisotopic (exact) mass is 469 g/mol. The van der Waals surface area contributed by atoms with Gasteiger partial charge in [-0.25, -0.2) is 9.37 Å². The quantitative estimate of drug-likeness (QED) is 0.396. The minimum absolute atomic E-state index is 0.0363. The number of hydrogen-bond acceptors (Lipinski definition) is 8. The van der Waals surface area contributed by atoms with Crippen LogP contribution in [0.5, 0.6) is 5.88 Å². The molecule has 0 bridgehead atoms. The summed E-state index contributed by atoms with van der Waals surface area (Å²) in [6, 6.07) is 3.49. The van der Waals surface area contributed by atoms with Crippen LogP contribution < -0.4 is 15.0 Å². The average Bonchev–Trinajstić information content (AvgIpc) is 2.78. The van der Waals surface area contributed by atoms with E-state index >= 15 is 0 Å². The number of aliphatic hydroxyl groups excluding tert-OH is 1. The number of amides is 1. The molecule has 2 N–H and O–H groups in total. The molecule has 33 heavy (non-hydrogen) atoms. The van der Waals surface area contributed by atoms with Crippen LogP contribution in [-0.2, 0) is 14.2 Å². The Bertz CT molecular complexity index is 773. The first-order valence-electron chi connectivity index (χ1n) is 11.5. The second-order valence-corrected chi connectivity index (χ2v) is 8.91. The van der Waals surface area contributed by atoms with E-state index in [1.54, 1.807) is 13.2 Å². The summed E-state index contributed by atoms with van der Waals surface area (Å²) < 4.78 is 34.7. The van der Waals surface area contributed by atoms with Gasteiger partial charge in [0.2, 0.25) is 5.88 Å². The first kappa shape index (κ1) is 25.6. The predicted molar refractivity (Wildman–Crippen MR) is 121 cm³/mol. The van der Waals surface area contributed by atoms with Gasteiger partial charge in [-0.2, -0.15) is 0 Å².